The molecule has 0 saturated carbocycles. The Morgan fingerprint density at radius 2 is 2.06 bits per heavy atom. The summed E-state index contributed by atoms with van der Waals surface area (Å²) in [6.07, 6.45) is 1.18. The molecule has 0 aliphatic carbocycles. The van der Waals surface area contributed by atoms with Crippen molar-refractivity contribution in [3.05, 3.63) is 35.4 Å². The molecule has 0 saturated heterocycles. The van der Waals surface area contributed by atoms with E-state index in [9.17, 15) is 13.9 Å². The zero-order valence-corrected chi connectivity index (χ0v) is 10.7. The Kier molecular flexibility index (Phi) is 5.88. The third kappa shape index (κ3) is 4.61. The Bertz CT molecular complexity index is 362. The number of benzene rings is 1. The minimum Gasteiger partial charge on any atom is -0.387 e. The lowest BCUT2D eigenvalue weighted by atomic mass is 10.1. The van der Waals surface area contributed by atoms with E-state index in [1.54, 1.807) is 11.8 Å². The summed E-state index contributed by atoms with van der Waals surface area (Å²) in [5, 5.41) is 12.9. The summed E-state index contributed by atoms with van der Waals surface area (Å²) >= 11 is 1.71. The topological polar surface area (TPSA) is 32.3 Å². The summed E-state index contributed by atoms with van der Waals surface area (Å²) < 4.78 is 25.7. The maximum Gasteiger partial charge on any atom is 0.159 e. The molecule has 2 N–H and O–H groups in total. The molecule has 96 valence electrons. The number of aliphatic hydroxyl groups excluding tert-OH is 1. The highest BCUT2D eigenvalue weighted by Gasteiger charge is 2.11. The van der Waals surface area contributed by atoms with Crippen molar-refractivity contribution >= 4 is 11.8 Å². The second-order valence-corrected chi connectivity index (χ2v) is 4.86. The van der Waals surface area contributed by atoms with Gasteiger partial charge in [-0.05, 0) is 30.9 Å². The van der Waals surface area contributed by atoms with Crippen LogP contribution in [0.2, 0.25) is 0 Å². The number of hydrogen-bond donors (Lipinski definition) is 2. The molecular weight excluding hydrogens is 244 g/mol. The van der Waals surface area contributed by atoms with Crippen molar-refractivity contribution in [1.82, 2.24) is 5.32 Å². The largest absolute Gasteiger partial charge is 0.387 e. The molecule has 1 aromatic rings. The van der Waals surface area contributed by atoms with Gasteiger partial charge in [-0.3, -0.25) is 0 Å². The number of nitrogens with one attached hydrogen (secondary N) is 1. The average Bonchev–Trinajstić information content (AvgIpc) is 2.30. The molecule has 17 heavy (non-hydrogen) atoms. The van der Waals surface area contributed by atoms with Crippen molar-refractivity contribution in [3.63, 3.8) is 0 Å². The maximum absolute atomic E-state index is 12.9. The first-order valence-electron chi connectivity index (χ1n) is 5.40. The standard InChI is InChI=1S/C12H17F2NOS/c1-8(7-17-2)15-6-12(16)9-3-4-10(13)11(14)5-9/h3-5,8,12,15-16H,6-7H2,1-2H3. The highest BCUT2D eigenvalue weighted by atomic mass is 32.2. The van der Waals surface area contributed by atoms with E-state index >= 15 is 0 Å². The van der Waals surface area contributed by atoms with Gasteiger partial charge in [-0.1, -0.05) is 6.07 Å². The first kappa shape index (κ1) is 14.4. The first-order valence-corrected chi connectivity index (χ1v) is 6.79. The van der Waals surface area contributed by atoms with Crippen molar-refractivity contribution < 1.29 is 13.9 Å². The second-order valence-electron chi connectivity index (χ2n) is 3.95. The Balaban J connectivity index is 2.52. The van der Waals surface area contributed by atoms with Gasteiger partial charge in [0.05, 0.1) is 6.10 Å². The highest BCUT2D eigenvalue weighted by molar-refractivity contribution is 7.98. The summed E-state index contributed by atoms with van der Waals surface area (Å²) in [7, 11) is 0. The van der Waals surface area contributed by atoms with Crippen LogP contribution in [-0.4, -0.2) is 29.7 Å². The molecular formula is C12H17F2NOS. The summed E-state index contributed by atoms with van der Waals surface area (Å²) in [5.74, 6) is -0.895. The molecule has 0 amide bonds. The van der Waals surface area contributed by atoms with E-state index < -0.39 is 17.7 Å². The van der Waals surface area contributed by atoms with Crippen molar-refractivity contribution in [1.29, 1.82) is 0 Å². The molecule has 0 heterocycles. The number of hydrogen-bond acceptors (Lipinski definition) is 3. The zero-order valence-electron chi connectivity index (χ0n) is 9.91. The highest BCUT2D eigenvalue weighted by Crippen LogP contribution is 2.15. The van der Waals surface area contributed by atoms with Crippen LogP contribution in [0.15, 0.2) is 18.2 Å². The lowest BCUT2D eigenvalue weighted by Gasteiger charge is -2.16. The average molecular weight is 261 g/mol. The fourth-order valence-corrected chi connectivity index (χ4v) is 2.08. The van der Waals surface area contributed by atoms with E-state index in [0.29, 0.717) is 12.1 Å². The van der Waals surface area contributed by atoms with E-state index in [0.717, 1.165) is 17.9 Å². The molecule has 1 rings (SSSR count). The number of halogens is 2. The van der Waals surface area contributed by atoms with E-state index in [4.69, 9.17) is 0 Å². The molecule has 5 heteroatoms. The third-order valence-corrected chi connectivity index (χ3v) is 3.24. The van der Waals surface area contributed by atoms with Gasteiger partial charge in [0.15, 0.2) is 11.6 Å². The van der Waals surface area contributed by atoms with Crippen LogP contribution < -0.4 is 5.32 Å². The Labute approximate surface area is 104 Å². The quantitative estimate of drug-likeness (QED) is 0.824. The summed E-state index contributed by atoms with van der Waals surface area (Å²) in [6, 6.07) is 3.72. The van der Waals surface area contributed by atoms with Gasteiger partial charge in [-0.25, -0.2) is 8.78 Å². The van der Waals surface area contributed by atoms with Crippen LogP contribution in [0.25, 0.3) is 0 Å². The van der Waals surface area contributed by atoms with Crippen LogP contribution in [0.1, 0.15) is 18.6 Å². The number of rotatable bonds is 6. The number of aliphatic hydroxyl groups is 1. The molecule has 1 aromatic carbocycles. The van der Waals surface area contributed by atoms with Crippen LogP contribution in [0, 0.1) is 11.6 Å². The van der Waals surface area contributed by atoms with Gasteiger partial charge in [-0.15, -0.1) is 0 Å². The molecule has 0 radical (unpaired) electrons. The SMILES string of the molecule is CSCC(C)NCC(O)c1ccc(F)c(F)c1. The Morgan fingerprint density at radius 1 is 1.35 bits per heavy atom. The van der Waals surface area contributed by atoms with E-state index in [1.165, 1.54) is 6.07 Å². The number of thioether (sulfide) groups is 1. The van der Waals surface area contributed by atoms with Crippen molar-refractivity contribution in [3.8, 4) is 0 Å². The van der Waals surface area contributed by atoms with Crippen LogP contribution in [0.3, 0.4) is 0 Å². The maximum atomic E-state index is 12.9. The minimum atomic E-state index is -0.932. The smallest absolute Gasteiger partial charge is 0.159 e. The normalized spacial score (nSPS) is 14.6. The summed E-state index contributed by atoms with van der Waals surface area (Å²) in [5.41, 5.74) is 0.382. The van der Waals surface area contributed by atoms with Crippen molar-refractivity contribution in [2.75, 3.05) is 18.6 Å². The van der Waals surface area contributed by atoms with Gasteiger partial charge in [-0.2, -0.15) is 11.8 Å². The molecule has 0 fully saturated rings. The molecule has 2 atom stereocenters. The molecule has 2 unspecified atom stereocenters. The Morgan fingerprint density at radius 3 is 2.65 bits per heavy atom. The summed E-state index contributed by atoms with van der Waals surface area (Å²) in [6.45, 7) is 2.33. The molecule has 0 spiro atoms. The molecule has 2 nitrogen and oxygen atoms in total. The monoisotopic (exact) mass is 261 g/mol. The van der Waals surface area contributed by atoms with Gasteiger partial charge in [0.2, 0.25) is 0 Å². The van der Waals surface area contributed by atoms with E-state index in [-0.39, 0.29) is 6.04 Å². The van der Waals surface area contributed by atoms with Crippen LogP contribution in [0.4, 0.5) is 8.78 Å². The van der Waals surface area contributed by atoms with Crippen LogP contribution in [-0.2, 0) is 0 Å². The lowest BCUT2D eigenvalue weighted by molar-refractivity contribution is 0.171. The van der Waals surface area contributed by atoms with E-state index in [1.807, 2.05) is 13.2 Å². The Hall–Kier alpha value is -0.650. The van der Waals surface area contributed by atoms with Crippen LogP contribution in [0.5, 0.6) is 0 Å². The molecule has 0 bridgehead atoms. The van der Waals surface area contributed by atoms with Crippen molar-refractivity contribution in [2.45, 2.75) is 19.1 Å². The fraction of sp³-hybridized carbons (Fsp3) is 0.500. The first-order chi connectivity index (χ1) is 8.04. The van der Waals surface area contributed by atoms with Gasteiger partial charge in [0.1, 0.15) is 0 Å². The van der Waals surface area contributed by atoms with Gasteiger partial charge >= 0.3 is 0 Å². The molecule has 0 aliphatic heterocycles. The summed E-state index contributed by atoms with van der Waals surface area (Å²) in [4.78, 5) is 0. The van der Waals surface area contributed by atoms with E-state index in [2.05, 4.69) is 5.32 Å². The van der Waals surface area contributed by atoms with Crippen LogP contribution >= 0.6 is 11.8 Å². The predicted octanol–water partition coefficient (Wildman–Crippen LogP) is 2.34. The van der Waals surface area contributed by atoms with Crippen molar-refractivity contribution in [2.24, 2.45) is 0 Å². The van der Waals surface area contributed by atoms with Gasteiger partial charge < -0.3 is 10.4 Å². The van der Waals surface area contributed by atoms with Gasteiger partial charge in [0.25, 0.3) is 0 Å². The molecule has 0 aliphatic rings. The second kappa shape index (κ2) is 6.93. The zero-order chi connectivity index (χ0) is 12.8. The fourth-order valence-electron chi connectivity index (χ4n) is 1.46. The van der Waals surface area contributed by atoms with Gasteiger partial charge in [0, 0.05) is 18.3 Å². The predicted molar refractivity (Wildman–Crippen MR) is 67.2 cm³/mol. The minimum absolute atomic E-state index is 0.268. The lowest BCUT2D eigenvalue weighted by Crippen LogP contribution is -2.32. The third-order valence-electron chi connectivity index (χ3n) is 2.40. The molecule has 0 aromatic heterocycles.